The van der Waals surface area contributed by atoms with Crippen LogP contribution in [0.1, 0.15) is 23.0 Å². The molecule has 0 N–H and O–H groups in total. The maximum Gasteiger partial charge on any atom is 0.364 e. The highest BCUT2D eigenvalue weighted by molar-refractivity contribution is 6.32. The highest BCUT2D eigenvalue weighted by Gasteiger charge is 2.19. The molecular formula is C20H14ClN3O4. The standard InChI is InChI=1S/C20H14ClN3O4/c1-2-27-17-11-13(12-22)10-15(21)19(17)28-20(26)16-8-9-18(25)24(23-16)14-6-4-3-5-7-14/h3-11H,2H2,1H3. The van der Waals surface area contributed by atoms with Crippen molar-refractivity contribution in [2.75, 3.05) is 6.61 Å². The molecule has 8 heteroatoms. The second-order valence-corrected chi connectivity index (χ2v) is 5.93. The number of carbonyl (C=O) groups is 1. The lowest BCUT2D eigenvalue weighted by Crippen LogP contribution is -2.24. The molecule has 1 heterocycles. The molecular weight excluding hydrogens is 382 g/mol. The number of nitriles is 1. The van der Waals surface area contributed by atoms with Crippen molar-refractivity contribution in [3.63, 3.8) is 0 Å². The van der Waals surface area contributed by atoms with E-state index in [0.717, 1.165) is 4.68 Å². The van der Waals surface area contributed by atoms with E-state index >= 15 is 0 Å². The summed E-state index contributed by atoms with van der Waals surface area (Å²) in [7, 11) is 0. The Morgan fingerprint density at radius 2 is 1.96 bits per heavy atom. The fourth-order valence-corrected chi connectivity index (χ4v) is 2.66. The monoisotopic (exact) mass is 395 g/mol. The minimum Gasteiger partial charge on any atom is -0.490 e. The molecule has 3 aromatic rings. The second kappa shape index (κ2) is 8.37. The molecule has 1 aromatic heterocycles. The number of benzene rings is 2. The summed E-state index contributed by atoms with van der Waals surface area (Å²) in [5.74, 6) is -0.680. The van der Waals surface area contributed by atoms with Gasteiger partial charge in [0.25, 0.3) is 5.56 Å². The summed E-state index contributed by atoms with van der Waals surface area (Å²) in [5.41, 5.74) is 0.290. The van der Waals surface area contributed by atoms with Crippen LogP contribution in [0.4, 0.5) is 0 Å². The Kier molecular flexibility index (Phi) is 5.72. The number of aromatic nitrogens is 2. The molecule has 0 saturated heterocycles. The van der Waals surface area contributed by atoms with Gasteiger partial charge in [-0.1, -0.05) is 29.8 Å². The van der Waals surface area contributed by atoms with Crippen molar-refractivity contribution in [2.24, 2.45) is 0 Å². The second-order valence-electron chi connectivity index (χ2n) is 5.52. The van der Waals surface area contributed by atoms with Crippen molar-refractivity contribution in [3.8, 4) is 23.3 Å². The van der Waals surface area contributed by atoms with E-state index in [1.54, 1.807) is 37.3 Å². The van der Waals surface area contributed by atoms with E-state index in [1.807, 2.05) is 6.07 Å². The van der Waals surface area contributed by atoms with Gasteiger partial charge in [-0.2, -0.15) is 15.0 Å². The van der Waals surface area contributed by atoms with Crippen LogP contribution in [0.3, 0.4) is 0 Å². The van der Waals surface area contributed by atoms with Crippen LogP contribution in [-0.4, -0.2) is 22.4 Å². The van der Waals surface area contributed by atoms with Gasteiger partial charge in [-0.25, -0.2) is 4.79 Å². The summed E-state index contributed by atoms with van der Waals surface area (Å²) in [5, 5.41) is 13.2. The maximum absolute atomic E-state index is 12.6. The highest BCUT2D eigenvalue weighted by Crippen LogP contribution is 2.37. The predicted molar refractivity (Wildman–Crippen MR) is 102 cm³/mol. The fourth-order valence-electron chi connectivity index (χ4n) is 2.41. The average Bonchev–Trinajstić information content (AvgIpc) is 2.71. The smallest absolute Gasteiger partial charge is 0.364 e. The van der Waals surface area contributed by atoms with Gasteiger partial charge in [-0.05, 0) is 31.2 Å². The quantitative estimate of drug-likeness (QED) is 0.485. The predicted octanol–water partition coefficient (Wildman–Crippen LogP) is 3.38. The number of para-hydroxylation sites is 1. The van der Waals surface area contributed by atoms with Crippen LogP contribution in [-0.2, 0) is 0 Å². The summed E-state index contributed by atoms with van der Waals surface area (Å²) >= 11 is 6.15. The minimum atomic E-state index is -0.822. The van der Waals surface area contributed by atoms with E-state index in [0.29, 0.717) is 5.69 Å². The number of hydrogen-bond donors (Lipinski definition) is 0. The van der Waals surface area contributed by atoms with E-state index < -0.39 is 11.5 Å². The third-order valence-electron chi connectivity index (χ3n) is 3.64. The van der Waals surface area contributed by atoms with Crippen LogP contribution in [0.2, 0.25) is 5.02 Å². The van der Waals surface area contributed by atoms with Crippen molar-refractivity contribution in [2.45, 2.75) is 6.92 Å². The zero-order valence-corrected chi connectivity index (χ0v) is 15.5. The lowest BCUT2D eigenvalue weighted by molar-refractivity contribution is 0.0720. The Bertz CT molecular complexity index is 1120. The molecule has 0 aliphatic heterocycles. The number of hydrogen-bond acceptors (Lipinski definition) is 6. The molecule has 0 amide bonds. The van der Waals surface area contributed by atoms with Crippen LogP contribution in [0.25, 0.3) is 5.69 Å². The molecule has 0 aliphatic rings. The first-order valence-corrected chi connectivity index (χ1v) is 8.65. The van der Waals surface area contributed by atoms with E-state index in [1.165, 1.54) is 24.3 Å². The topological polar surface area (TPSA) is 94.2 Å². The Balaban J connectivity index is 1.97. The lowest BCUT2D eigenvalue weighted by atomic mass is 10.2. The molecule has 0 fully saturated rings. The van der Waals surface area contributed by atoms with Gasteiger partial charge in [-0.15, -0.1) is 0 Å². The number of nitrogens with zero attached hydrogens (tertiary/aromatic N) is 3. The van der Waals surface area contributed by atoms with Gasteiger partial charge in [0, 0.05) is 12.1 Å². The zero-order chi connectivity index (χ0) is 20.1. The highest BCUT2D eigenvalue weighted by atomic mass is 35.5. The lowest BCUT2D eigenvalue weighted by Gasteiger charge is -2.13. The number of ether oxygens (including phenoxy) is 2. The average molecular weight is 396 g/mol. The van der Waals surface area contributed by atoms with E-state index in [-0.39, 0.29) is 34.4 Å². The fraction of sp³-hybridized carbons (Fsp3) is 0.100. The van der Waals surface area contributed by atoms with Crippen molar-refractivity contribution < 1.29 is 14.3 Å². The normalized spacial score (nSPS) is 10.2. The molecule has 2 aromatic carbocycles. The first kappa shape index (κ1) is 19.1. The van der Waals surface area contributed by atoms with Crippen LogP contribution in [0.15, 0.2) is 59.4 Å². The van der Waals surface area contributed by atoms with Crippen LogP contribution in [0.5, 0.6) is 11.5 Å². The number of rotatable bonds is 5. The van der Waals surface area contributed by atoms with Crippen LogP contribution in [0, 0.1) is 11.3 Å². The SMILES string of the molecule is CCOc1cc(C#N)cc(Cl)c1OC(=O)c1ccc(=O)n(-c2ccccc2)n1. The molecule has 140 valence electrons. The molecule has 0 spiro atoms. The van der Waals surface area contributed by atoms with Gasteiger partial charge in [0.15, 0.2) is 17.2 Å². The summed E-state index contributed by atoms with van der Waals surface area (Å²) in [6, 6.07) is 15.9. The number of esters is 1. The van der Waals surface area contributed by atoms with Gasteiger partial charge in [0.2, 0.25) is 0 Å². The van der Waals surface area contributed by atoms with Gasteiger partial charge in [-0.3, -0.25) is 4.79 Å². The molecule has 28 heavy (non-hydrogen) atoms. The first-order valence-electron chi connectivity index (χ1n) is 8.28. The zero-order valence-electron chi connectivity index (χ0n) is 14.8. The van der Waals surface area contributed by atoms with Gasteiger partial charge in [0.05, 0.1) is 28.9 Å². The third kappa shape index (κ3) is 4.03. The largest absolute Gasteiger partial charge is 0.490 e. The van der Waals surface area contributed by atoms with E-state index in [4.69, 9.17) is 26.3 Å². The summed E-state index contributed by atoms with van der Waals surface area (Å²) in [4.78, 5) is 24.7. The Labute approximate surface area is 165 Å². The first-order chi connectivity index (χ1) is 13.5. The molecule has 0 saturated carbocycles. The minimum absolute atomic E-state index is 0.0215. The molecule has 0 unspecified atom stereocenters. The molecule has 7 nitrogen and oxygen atoms in total. The Hall–Kier alpha value is -3.63. The van der Waals surface area contributed by atoms with Crippen LogP contribution >= 0.6 is 11.6 Å². The molecule has 0 atom stereocenters. The molecule has 0 aliphatic carbocycles. The van der Waals surface area contributed by atoms with Gasteiger partial charge >= 0.3 is 5.97 Å². The number of halogens is 1. The van der Waals surface area contributed by atoms with Crippen molar-refractivity contribution in [1.29, 1.82) is 5.26 Å². The molecule has 3 rings (SSSR count). The third-order valence-corrected chi connectivity index (χ3v) is 3.92. The van der Waals surface area contributed by atoms with E-state index in [9.17, 15) is 9.59 Å². The summed E-state index contributed by atoms with van der Waals surface area (Å²) in [6.45, 7) is 2.03. The van der Waals surface area contributed by atoms with Crippen molar-refractivity contribution >= 4 is 17.6 Å². The van der Waals surface area contributed by atoms with Crippen molar-refractivity contribution in [3.05, 3.63) is 81.2 Å². The Morgan fingerprint density at radius 1 is 1.21 bits per heavy atom. The summed E-state index contributed by atoms with van der Waals surface area (Å²) in [6.07, 6.45) is 0. The maximum atomic E-state index is 12.6. The van der Waals surface area contributed by atoms with E-state index in [2.05, 4.69) is 5.10 Å². The van der Waals surface area contributed by atoms with Gasteiger partial charge < -0.3 is 9.47 Å². The van der Waals surface area contributed by atoms with Gasteiger partial charge in [0.1, 0.15) is 0 Å². The summed E-state index contributed by atoms with van der Waals surface area (Å²) < 4.78 is 11.9. The number of carbonyl (C=O) groups excluding carboxylic acids is 1. The Morgan fingerprint density at radius 3 is 2.64 bits per heavy atom. The van der Waals surface area contributed by atoms with Crippen molar-refractivity contribution in [1.82, 2.24) is 9.78 Å². The molecule has 0 radical (unpaired) electrons. The van der Waals surface area contributed by atoms with Crippen LogP contribution < -0.4 is 15.0 Å². The molecule has 0 bridgehead atoms.